The highest BCUT2D eigenvalue weighted by atomic mass is 16.5. The lowest BCUT2D eigenvalue weighted by Gasteiger charge is -2.26. The van der Waals surface area contributed by atoms with E-state index in [-0.39, 0.29) is 11.6 Å². The van der Waals surface area contributed by atoms with Crippen molar-refractivity contribution in [2.24, 2.45) is 0 Å². The van der Waals surface area contributed by atoms with Crippen LogP contribution in [0, 0.1) is 0 Å². The molecule has 1 N–H and O–H groups in total. The van der Waals surface area contributed by atoms with Crippen LogP contribution in [0.1, 0.15) is 16.9 Å². The summed E-state index contributed by atoms with van der Waals surface area (Å²) in [5.74, 6) is -0.693. The number of aromatic nitrogens is 1. The molecule has 0 saturated carbocycles. The van der Waals surface area contributed by atoms with E-state index < -0.39 is 5.97 Å². The van der Waals surface area contributed by atoms with Crippen LogP contribution in [0.5, 0.6) is 0 Å². The molecule has 1 aromatic carbocycles. The maximum Gasteiger partial charge on any atom is 0.358 e. The number of hydrogen-bond acceptors (Lipinski definition) is 5. The average molecular weight is 287 g/mol. The summed E-state index contributed by atoms with van der Waals surface area (Å²) in [7, 11) is 1.72. The standard InChI is InChI=1S/C14H13N3O4/c1-16-13(18)5-6-17(16)10-4-2-3-9(7-10)12-8-11(14(19)20)15-21-12/h2-4,7-8H,5-6H2,1H3,(H,19,20). The third-order valence-corrected chi connectivity index (χ3v) is 3.42. The van der Waals surface area contributed by atoms with E-state index in [1.807, 2.05) is 23.2 Å². The number of rotatable bonds is 3. The third kappa shape index (κ3) is 2.33. The molecule has 0 unspecified atom stereocenters. The Kier molecular flexibility index (Phi) is 3.09. The first-order chi connectivity index (χ1) is 10.1. The number of nitrogens with zero attached hydrogens (tertiary/aromatic N) is 3. The van der Waals surface area contributed by atoms with Gasteiger partial charge in [-0.2, -0.15) is 0 Å². The van der Waals surface area contributed by atoms with E-state index in [9.17, 15) is 9.59 Å². The summed E-state index contributed by atoms with van der Waals surface area (Å²) in [6.07, 6.45) is 0.478. The largest absolute Gasteiger partial charge is 0.476 e. The molecule has 0 radical (unpaired) electrons. The van der Waals surface area contributed by atoms with Crippen LogP contribution >= 0.6 is 0 Å². The summed E-state index contributed by atoms with van der Waals surface area (Å²) in [5.41, 5.74) is 1.42. The zero-order valence-corrected chi connectivity index (χ0v) is 11.3. The minimum absolute atomic E-state index is 0.0632. The molecule has 21 heavy (non-hydrogen) atoms. The van der Waals surface area contributed by atoms with E-state index in [0.717, 1.165) is 5.69 Å². The van der Waals surface area contributed by atoms with E-state index >= 15 is 0 Å². The number of carboxylic acid groups (broad SMARTS) is 1. The van der Waals surface area contributed by atoms with Gasteiger partial charge < -0.3 is 9.63 Å². The molecule has 2 heterocycles. The second-order valence-corrected chi connectivity index (χ2v) is 4.72. The second kappa shape index (κ2) is 4.93. The Morgan fingerprint density at radius 2 is 2.19 bits per heavy atom. The number of hydrogen-bond donors (Lipinski definition) is 1. The van der Waals surface area contributed by atoms with Gasteiger partial charge in [-0.15, -0.1) is 0 Å². The Hall–Kier alpha value is -2.83. The van der Waals surface area contributed by atoms with Gasteiger partial charge in [-0.25, -0.2) is 4.79 Å². The first kappa shape index (κ1) is 13.2. The summed E-state index contributed by atoms with van der Waals surface area (Å²) in [5, 5.41) is 15.8. The molecule has 1 saturated heterocycles. The van der Waals surface area contributed by atoms with Crippen molar-refractivity contribution in [3.05, 3.63) is 36.0 Å². The van der Waals surface area contributed by atoms with Gasteiger partial charge in [-0.1, -0.05) is 17.3 Å². The molecular weight excluding hydrogens is 274 g/mol. The Bertz CT molecular complexity index is 710. The van der Waals surface area contributed by atoms with Crippen LogP contribution in [0.4, 0.5) is 5.69 Å². The van der Waals surface area contributed by atoms with Crippen molar-refractivity contribution < 1.29 is 19.2 Å². The highest BCUT2D eigenvalue weighted by Crippen LogP contribution is 2.27. The highest BCUT2D eigenvalue weighted by Gasteiger charge is 2.25. The zero-order chi connectivity index (χ0) is 15.0. The number of anilines is 1. The van der Waals surface area contributed by atoms with Crippen molar-refractivity contribution >= 4 is 17.6 Å². The van der Waals surface area contributed by atoms with E-state index in [1.54, 1.807) is 18.1 Å². The second-order valence-electron chi connectivity index (χ2n) is 4.72. The molecular formula is C14H13N3O4. The molecule has 108 valence electrons. The molecule has 0 atom stereocenters. The molecule has 7 nitrogen and oxygen atoms in total. The summed E-state index contributed by atoms with van der Waals surface area (Å²) in [6, 6.07) is 8.71. The van der Waals surface area contributed by atoms with Gasteiger partial charge in [0.05, 0.1) is 5.69 Å². The van der Waals surface area contributed by atoms with Crippen molar-refractivity contribution in [3.8, 4) is 11.3 Å². The maximum atomic E-state index is 11.6. The molecule has 0 bridgehead atoms. The lowest BCUT2D eigenvalue weighted by atomic mass is 10.1. The van der Waals surface area contributed by atoms with Crippen molar-refractivity contribution in [3.63, 3.8) is 0 Å². The molecule has 2 aromatic rings. The average Bonchev–Trinajstić information content (AvgIpc) is 3.08. The number of carbonyl (C=O) groups excluding carboxylic acids is 1. The van der Waals surface area contributed by atoms with Gasteiger partial charge in [0.2, 0.25) is 5.91 Å². The Balaban J connectivity index is 1.92. The Morgan fingerprint density at radius 1 is 1.38 bits per heavy atom. The highest BCUT2D eigenvalue weighted by molar-refractivity contribution is 5.86. The van der Waals surface area contributed by atoms with E-state index in [1.165, 1.54) is 6.07 Å². The van der Waals surface area contributed by atoms with Gasteiger partial charge in [-0.3, -0.25) is 14.8 Å². The minimum Gasteiger partial charge on any atom is -0.476 e. The van der Waals surface area contributed by atoms with Crippen LogP contribution in [0.2, 0.25) is 0 Å². The number of carbonyl (C=O) groups is 2. The fourth-order valence-electron chi connectivity index (χ4n) is 2.28. The number of hydrazine groups is 1. The first-order valence-corrected chi connectivity index (χ1v) is 6.41. The van der Waals surface area contributed by atoms with Gasteiger partial charge in [0.25, 0.3) is 0 Å². The predicted molar refractivity (Wildman–Crippen MR) is 73.6 cm³/mol. The van der Waals surface area contributed by atoms with Gasteiger partial charge in [0, 0.05) is 31.6 Å². The Labute approximate surface area is 120 Å². The fraction of sp³-hybridized carbons (Fsp3) is 0.214. The summed E-state index contributed by atoms with van der Waals surface area (Å²) in [6.45, 7) is 0.621. The lowest BCUT2D eigenvalue weighted by Crippen LogP contribution is -2.35. The minimum atomic E-state index is -1.13. The van der Waals surface area contributed by atoms with E-state index in [0.29, 0.717) is 24.3 Å². The van der Waals surface area contributed by atoms with Gasteiger partial charge >= 0.3 is 5.97 Å². The van der Waals surface area contributed by atoms with Crippen LogP contribution in [0.25, 0.3) is 11.3 Å². The predicted octanol–water partition coefficient (Wildman–Crippen LogP) is 1.62. The van der Waals surface area contributed by atoms with E-state index in [4.69, 9.17) is 9.63 Å². The lowest BCUT2D eigenvalue weighted by molar-refractivity contribution is -0.126. The van der Waals surface area contributed by atoms with Crippen LogP contribution in [-0.2, 0) is 4.79 Å². The maximum absolute atomic E-state index is 11.6. The SMILES string of the molecule is CN1C(=O)CCN1c1cccc(-c2cc(C(=O)O)no2)c1. The smallest absolute Gasteiger partial charge is 0.358 e. The number of carboxylic acids is 1. The van der Waals surface area contributed by atoms with Crippen molar-refractivity contribution in [1.29, 1.82) is 0 Å². The van der Waals surface area contributed by atoms with Crippen LogP contribution in [-0.4, -0.2) is 40.7 Å². The molecule has 1 aromatic heterocycles. The number of benzene rings is 1. The van der Waals surface area contributed by atoms with Crippen molar-refractivity contribution in [2.75, 3.05) is 18.6 Å². The normalized spacial score (nSPS) is 14.8. The first-order valence-electron chi connectivity index (χ1n) is 6.41. The summed E-state index contributed by atoms with van der Waals surface area (Å²) >= 11 is 0. The molecule has 3 rings (SSSR count). The van der Waals surface area contributed by atoms with Crippen LogP contribution < -0.4 is 5.01 Å². The zero-order valence-electron chi connectivity index (χ0n) is 11.3. The van der Waals surface area contributed by atoms with Gasteiger partial charge in [0.1, 0.15) is 0 Å². The monoisotopic (exact) mass is 287 g/mol. The summed E-state index contributed by atoms with van der Waals surface area (Å²) < 4.78 is 5.05. The van der Waals surface area contributed by atoms with Crippen molar-refractivity contribution in [2.45, 2.75) is 6.42 Å². The quantitative estimate of drug-likeness (QED) is 0.923. The molecule has 1 amide bonds. The van der Waals surface area contributed by atoms with Gasteiger partial charge in [-0.05, 0) is 12.1 Å². The third-order valence-electron chi connectivity index (χ3n) is 3.42. The van der Waals surface area contributed by atoms with Gasteiger partial charge in [0.15, 0.2) is 11.5 Å². The molecule has 7 heteroatoms. The molecule has 1 aliphatic rings. The van der Waals surface area contributed by atoms with Crippen LogP contribution in [0.3, 0.4) is 0 Å². The topological polar surface area (TPSA) is 86.9 Å². The molecule has 0 spiro atoms. The van der Waals surface area contributed by atoms with Crippen molar-refractivity contribution in [1.82, 2.24) is 10.2 Å². The molecule has 0 aliphatic carbocycles. The fourth-order valence-corrected chi connectivity index (χ4v) is 2.28. The van der Waals surface area contributed by atoms with Crippen LogP contribution in [0.15, 0.2) is 34.9 Å². The number of aromatic carboxylic acids is 1. The summed E-state index contributed by atoms with van der Waals surface area (Å²) in [4.78, 5) is 22.4. The Morgan fingerprint density at radius 3 is 2.81 bits per heavy atom. The molecule has 1 fully saturated rings. The number of amides is 1. The molecule has 1 aliphatic heterocycles. The van der Waals surface area contributed by atoms with E-state index in [2.05, 4.69) is 5.16 Å².